The summed E-state index contributed by atoms with van der Waals surface area (Å²) in [5.74, 6) is -0.297. The number of allylic oxidation sites excluding steroid dienone is 1. The Morgan fingerprint density at radius 2 is 2.31 bits per heavy atom. The van der Waals surface area contributed by atoms with Gasteiger partial charge in [0.25, 0.3) is 0 Å². The minimum Gasteiger partial charge on any atom is -0.338 e. The highest BCUT2D eigenvalue weighted by molar-refractivity contribution is 5.84. The van der Waals surface area contributed by atoms with Crippen molar-refractivity contribution in [1.82, 2.24) is 4.90 Å². The lowest BCUT2D eigenvalue weighted by atomic mass is 9.95. The summed E-state index contributed by atoms with van der Waals surface area (Å²) in [5, 5.41) is 0. The second-order valence-corrected chi connectivity index (χ2v) is 3.79. The molecule has 0 spiro atoms. The lowest BCUT2D eigenvalue weighted by Crippen LogP contribution is -2.33. The van der Waals surface area contributed by atoms with E-state index in [1.54, 1.807) is 37.4 Å². The molecule has 1 aliphatic rings. The molecule has 0 unspecified atom stereocenters. The van der Waals surface area contributed by atoms with Crippen LogP contribution in [0.15, 0.2) is 29.3 Å². The molecule has 0 radical (unpaired) electrons. The zero-order chi connectivity index (χ0) is 12.1. The quantitative estimate of drug-likeness (QED) is 0.400. The Kier molecular flexibility index (Phi) is 4.17. The monoisotopic (exact) mass is 220 g/mol. The van der Waals surface area contributed by atoms with E-state index in [0.29, 0.717) is 0 Å². The summed E-state index contributed by atoms with van der Waals surface area (Å²) >= 11 is 0. The molecule has 0 aromatic heterocycles. The van der Waals surface area contributed by atoms with Crippen LogP contribution in [0.25, 0.3) is 0 Å². The van der Waals surface area contributed by atoms with Crippen LogP contribution in [0.4, 0.5) is 0 Å². The number of nitrogens with zero attached hydrogens (tertiary/aromatic N) is 2. The zero-order valence-electron chi connectivity index (χ0n) is 9.59. The largest absolute Gasteiger partial charge is 0.338 e. The fourth-order valence-corrected chi connectivity index (χ4v) is 1.90. The maximum atomic E-state index is 11.5. The Bertz CT molecular complexity index is 358. The highest BCUT2D eigenvalue weighted by atomic mass is 16.2. The van der Waals surface area contributed by atoms with Crippen LogP contribution in [0.3, 0.4) is 0 Å². The van der Waals surface area contributed by atoms with Gasteiger partial charge in [-0.05, 0) is 11.6 Å². The maximum Gasteiger partial charge on any atom is 0.223 e. The lowest BCUT2D eigenvalue weighted by Gasteiger charge is -2.22. The molecular formula is C12H16N2O2. The summed E-state index contributed by atoms with van der Waals surface area (Å²) in [6, 6.07) is -0.216. The van der Waals surface area contributed by atoms with Gasteiger partial charge in [0.05, 0.1) is 6.04 Å². The number of hydrogen-bond acceptors (Lipinski definition) is 3. The van der Waals surface area contributed by atoms with Crippen LogP contribution < -0.4 is 0 Å². The Morgan fingerprint density at radius 3 is 2.88 bits per heavy atom. The van der Waals surface area contributed by atoms with E-state index in [0.717, 1.165) is 11.9 Å². The average molecular weight is 220 g/mol. The number of carbonyl (C=O) groups excluding carboxylic acids is 2. The van der Waals surface area contributed by atoms with Crippen molar-refractivity contribution in [3.63, 3.8) is 0 Å². The van der Waals surface area contributed by atoms with E-state index in [4.69, 9.17) is 0 Å². The number of rotatable bonds is 4. The van der Waals surface area contributed by atoms with Gasteiger partial charge in [-0.1, -0.05) is 12.7 Å². The predicted molar refractivity (Wildman–Crippen MR) is 63.4 cm³/mol. The van der Waals surface area contributed by atoms with Gasteiger partial charge in [0.2, 0.25) is 5.91 Å². The summed E-state index contributed by atoms with van der Waals surface area (Å²) in [6.07, 6.45) is 6.28. The molecule has 1 fully saturated rings. The van der Waals surface area contributed by atoms with Crippen molar-refractivity contribution >= 4 is 18.4 Å². The van der Waals surface area contributed by atoms with Gasteiger partial charge in [0, 0.05) is 32.6 Å². The molecule has 16 heavy (non-hydrogen) atoms. The van der Waals surface area contributed by atoms with Crippen LogP contribution >= 0.6 is 0 Å². The topological polar surface area (TPSA) is 49.7 Å². The van der Waals surface area contributed by atoms with E-state index in [1.165, 1.54) is 0 Å². The van der Waals surface area contributed by atoms with Crippen molar-refractivity contribution in [2.24, 2.45) is 10.9 Å². The molecule has 1 rings (SSSR count). The van der Waals surface area contributed by atoms with Gasteiger partial charge in [0.1, 0.15) is 6.29 Å². The fraction of sp³-hybridized carbons (Fsp3) is 0.417. The van der Waals surface area contributed by atoms with Crippen molar-refractivity contribution < 1.29 is 9.59 Å². The first kappa shape index (κ1) is 12.4. The molecule has 0 saturated carbocycles. The van der Waals surface area contributed by atoms with Gasteiger partial charge in [-0.3, -0.25) is 9.79 Å². The summed E-state index contributed by atoms with van der Waals surface area (Å²) in [6.45, 7) is 3.89. The third-order valence-corrected chi connectivity index (χ3v) is 2.73. The fourth-order valence-electron chi connectivity index (χ4n) is 1.90. The van der Waals surface area contributed by atoms with E-state index in [1.807, 2.05) is 0 Å². The van der Waals surface area contributed by atoms with E-state index in [9.17, 15) is 9.59 Å². The van der Waals surface area contributed by atoms with Crippen molar-refractivity contribution in [2.75, 3.05) is 14.1 Å². The Hall–Kier alpha value is -1.71. The molecule has 0 N–H and O–H groups in total. The second-order valence-electron chi connectivity index (χ2n) is 3.79. The second kappa shape index (κ2) is 5.39. The predicted octanol–water partition coefficient (Wildman–Crippen LogP) is 0.845. The van der Waals surface area contributed by atoms with Gasteiger partial charge in [-0.15, -0.1) is 0 Å². The number of carbonyl (C=O) groups is 2. The number of likely N-dealkylation sites (N-methyl/N-ethyl adjacent to an activating group) is 1. The van der Waals surface area contributed by atoms with Crippen molar-refractivity contribution in [3.8, 4) is 0 Å². The average Bonchev–Trinajstić information content (AvgIpc) is 2.55. The molecule has 4 heteroatoms. The van der Waals surface area contributed by atoms with Gasteiger partial charge >= 0.3 is 0 Å². The normalized spacial score (nSPS) is 25.9. The van der Waals surface area contributed by atoms with Gasteiger partial charge in [-0.2, -0.15) is 0 Å². The summed E-state index contributed by atoms with van der Waals surface area (Å²) in [4.78, 5) is 27.7. The molecule has 1 heterocycles. The first-order valence-electron chi connectivity index (χ1n) is 5.10. The zero-order valence-corrected chi connectivity index (χ0v) is 9.59. The van der Waals surface area contributed by atoms with Crippen LogP contribution in [0.1, 0.15) is 6.42 Å². The van der Waals surface area contributed by atoms with Crippen molar-refractivity contribution in [2.45, 2.75) is 12.5 Å². The number of aliphatic imine (C=N–C) groups is 1. The lowest BCUT2D eigenvalue weighted by molar-refractivity contribution is -0.127. The molecule has 4 nitrogen and oxygen atoms in total. The van der Waals surface area contributed by atoms with Gasteiger partial charge in [-0.25, -0.2) is 0 Å². The molecule has 2 atom stereocenters. The van der Waals surface area contributed by atoms with E-state index >= 15 is 0 Å². The smallest absolute Gasteiger partial charge is 0.223 e. The molecule has 1 saturated heterocycles. The van der Waals surface area contributed by atoms with Crippen LogP contribution in [0, 0.1) is 5.92 Å². The molecule has 86 valence electrons. The van der Waals surface area contributed by atoms with E-state index in [-0.39, 0.29) is 24.3 Å². The Morgan fingerprint density at radius 1 is 1.62 bits per heavy atom. The first-order valence-corrected chi connectivity index (χ1v) is 5.10. The summed E-state index contributed by atoms with van der Waals surface area (Å²) in [7, 11) is 3.37. The third-order valence-electron chi connectivity index (χ3n) is 2.73. The van der Waals surface area contributed by atoms with Gasteiger partial charge in [0.15, 0.2) is 0 Å². The molecule has 0 aliphatic carbocycles. The van der Waals surface area contributed by atoms with E-state index < -0.39 is 0 Å². The first-order chi connectivity index (χ1) is 7.61. The Balaban J connectivity index is 2.80. The van der Waals surface area contributed by atoms with Crippen LogP contribution in [0.5, 0.6) is 0 Å². The van der Waals surface area contributed by atoms with Crippen LogP contribution in [0.2, 0.25) is 0 Å². The van der Waals surface area contributed by atoms with Gasteiger partial charge < -0.3 is 9.69 Å². The minimum atomic E-state index is -0.284. The molecule has 0 aromatic carbocycles. The van der Waals surface area contributed by atoms with Crippen molar-refractivity contribution in [1.29, 1.82) is 0 Å². The van der Waals surface area contributed by atoms with Crippen LogP contribution in [-0.4, -0.2) is 43.4 Å². The van der Waals surface area contributed by atoms with E-state index in [2.05, 4.69) is 11.6 Å². The molecular weight excluding hydrogens is 204 g/mol. The minimum absolute atomic E-state index is 0.0131. The highest BCUT2D eigenvalue weighted by Crippen LogP contribution is 2.27. The number of aldehydes is 1. The number of amides is 1. The molecule has 1 aliphatic heterocycles. The third kappa shape index (κ3) is 2.45. The SMILES string of the molecule is C=C(/C=C\C=NC)[C@@H]1[C@@H](C=O)CC(=O)N1C. The summed E-state index contributed by atoms with van der Waals surface area (Å²) < 4.78 is 0. The number of hydrogen-bond donors (Lipinski definition) is 0. The highest BCUT2D eigenvalue weighted by Gasteiger charge is 2.37. The molecule has 0 bridgehead atoms. The standard InChI is InChI=1S/C12H16N2O2/c1-9(5-4-6-13-2)12-10(8-15)7-11(16)14(12)3/h4-6,8,10,12H,1,7H2,2-3H3/b5-4-,13-6?/t10-,12-/m1/s1. The molecule has 1 amide bonds. The number of likely N-dealkylation sites (tertiary alicyclic amines) is 1. The maximum absolute atomic E-state index is 11.5. The van der Waals surface area contributed by atoms with Crippen molar-refractivity contribution in [3.05, 3.63) is 24.3 Å². The Labute approximate surface area is 95.3 Å². The molecule has 0 aromatic rings. The summed E-state index contributed by atoms with van der Waals surface area (Å²) in [5.41, 5.74) is 0.755. The van der Waals surface area contributed by atoms with Crippen LogP contribution in [-0.2, 0) is 9.59 Å².